The Morgan fingerprint density at radius 2 is 1.89 bits per heavy atom. The van der Waals surface area contributed by atoms with Gasteiger partial charge in [-0.2, -0.15) is 0 Å². The first kappa shape index (κ1) is 14.8. The molecule has 1 radical (unpaired) electrons. The van der Waals surface area contributed by atoms with Crippen LogP contribution in [0.1, 0.15) is 24.5 Å². The smallest absolute Gasteiger partial charge is 0.0589 e. The van der Waals surface area contributed by atoms with Gasteiger partial charge in [0.15, 0.2) is 0 Å². The van der Waals surface area contributed by atoms with E-state index in [9.17, 15) is 0 Å². The lowest BCUT2D eigenvalue weighted by atomic mass is 9.79. The Morgan fingerprint density at radius 1 is 1.16 bits per heavy atom. The first-order valence-corrected chi connectivity index (χ1v) is 7.14. The molecule has 105 valence electrons. The van der Waals surface area contributed by atoms with Crippen molar-refractivity contribution in [2.24, 2.45) is 0 Å². The molecule has 1 saturated carbocycles. The number of likely N-dealkylation sites (N-methyl/N-ethyl adjacent to an activating group) is 2. The summed E-state index contributed by atoms with van der Waals surface area (Å²) in [6.45, 7) is 0. The number of hydrogen-bond donors (Lipinski definition) is 0. The summed E-state index contributed by atoms with van der Waals surface area (Å²) in [5, 5.41) is 0.707. The molecular weight excluding hydrogens is 258 g/mol. The number of rotatable bonds is 3. The van der Waals surface area contributed by atoms with Crippen molar-refractivity contribution in [1.82, 2.24) is 14.8 Å². The van der Waals surface area contributed by atoms with E-state index in [1.54, 1.807) is 6.20 Å². The van der Waals surface area contributed by atoms with Crippen molar-refractivity contribution in [2.45, 2.75) is 30.8 Å². The van der Waals surface area contributed by atoms with Gasteiger partial charge in [-0.1, -0.05) is 11.6 Å². The van der Waals surface area contributed by atoms with E-state index in [1.807, 2.05) is 6.07 Å². The van der Waals surface area contributed by atoms with Crippen molar-refractivity contribution in [3.63, 3.8) is 0 Å². The fourth-order valence-corrected chi connectivity index (χ4v) is 3.04. The minimum Gasteiger partial charge on any atom is -0.305 e. The van der Waals surface area contributed by atoms with Crippen LogP contribution in [0.4, 0.5) is 0 Å². The predicted octanol–water partition coefficient (Wildman–Crippen LogP) is 2.68. The molecule has 0 spiro atoms. The van der Waals surface area contributed by atoms with E-state index in [1.165, 1.54) is 0 Å². The van der Waals surface area contributed by atoms with Crippen LogP contribution in [0, 0.1) is 6.42 Å². The maximum atomic E-state index is 5.91. The molecule has 1 fully saturated rings. The molecule has 0 amide bonds. The minimum atomic E-state index is 0.501. The molecule has 1 aromatic rings. The Morgan fingerprint density at radius 3 is 2.42 bits per heavy atom. The summed E-state index contributed by atoms with van der Waals surface area (Å²) in [5.41, 5.74) is 1.16. The summed E-state index contributed by atoms with van der Waals surface area (Å²) < 4.78 is 0. The van der Waals surface area contributed by atoms with Crippen LogP contribution < -0.4 is 0 Å². The summed E-state index contributed by atoms with van der Waals surface area (Å²) in [4.78, 5) is 9.11. The van der Waals surface area contributed by atoms with Gasteiger partial charge in [-0.25, -0.2) is 0 Å². The Kier molecular flexibility index (Phi) is 4.82. The van der Waals surface area contributed by atoms with Crippen LogP contribution in [0.5, 0.6) is 0 Å². The summed E-state index contributed by atoms with van der Waals surface area (Å²) in [6, 6.07) is 5.04. The lowest BCUT2D eigenvalue weighted by molar-refractivity contribution is 0.132. The van der Waals surface area contributed by atoms with Gasteiger partial charge < -0.3 is 9.80 Å². The van der Waals surface area contributed by atoms with E-state index in [2.05, 4.69) is 55.5 Å². The molecule has 0 bridgehead atoms. The van der Waals surface area contributed by atoms with E-state index in [0.717, 1.165) is 18.5 Å². The zero-order chi connectivity index (χ0) is 14.0. The number of nitrogens with zero attached hydrogens (tertiary/aromatic N) is 3. The van der Waals surface area contributed by atoms with Crippen LogP contribution in [0.15, 0.2) is 18.3 Å². The summed E-state index contributed by atoms with van der Waals surface area (Å²) in [6.07, 6.45) is 6.40. The third-order valence-electron chi connectivity index (χ3n) is 4.01. The minimum absolute atomic E-state index is 0.501. The topological polar surface area (TPSA) is 19.4 Å². The monoisotopic (exact) mass is 280 g/mol. The normalized spacial score (nSPS) is 28.1. The van der Waals surface area contributed by atoms with Crippen LogP contribution in [-0.2, 0) is 0 Å². The average molecular weight is 281 g/mol. The standard InChI is InChI=1S/C15H23ClN3/c1-18(2)14-8-5-11(9-15(14)19(3)4)13-7-6-12(16)10-17-13/h6-8,10-11,14-15H,5,9H2,1-4H3. The fourth-order valence-electron chi connectivity index (χ4n) is 2.93. The molecule has 3 atom stereocenters. The highest BCUT2D eigenvalue weighted by molar-refractivity contribution is 6.30. The zero-order valence-corrected chi connectivity index (χ0v) is 12.9. The van der Waals surface area contributed by atoms with Gasteiger partial charge in [-0.05, 0) is 59.6 Å². The highest BCUT2D eigenvalue weighted by Gasteiger charge is 2.34. The molecule has 0 aliphatic heterocycles. The van der Waals surface area contributed by atoms with Crippen molar-refractivity contribution in [3.8, 4) is 0 Å². The number of halogens is 1. The van der Waals surface area contributed by atoms with E-state index >= 15 is 0 Å². The van der Waals surface area contributed by atoms with E-state index in [0.29, 0.717) is 23.0 Å². The molecule has 3 unspecified atom stereocenters. The van der Waals surface area contributed by atoms with E-state index in [4.69, 9.17) is 11.6 Å². The molecule has 1 aromatic heterocycles. The van der Waals surface area contributed by atoms with Gasteiger partial charge in [0.05, 0.1) is 5.02 Å². The van der Waals surface area contributed by atoms with E-state index < -0.39 is 0 Å². The third kappa shape index (κ3) is 3.47. The molecule has 1 aliphatic carbocycles. The van der Waals surface area contributed by atoms with Crippen molar-refractivity contribution in [3.05, 3.63) is 35.5 Å². The molecule has 3 nitrogen and oxygen atoms in total. The Bertz CT molecular complexity index is 402. The van der Waals surface area contributed by atoms with Crippen LogP contribution in [0.25, 0.3) is 0 Å². The second-order valence-electron chi connectivity index (χ2n) is 5.79. The lowest BCUT2D eigenvalue weighted by Gasteiger charge is -2.42. The van der Waals surface area contributed by atoms with Crippen LogP contribution in [0.3, 0.4) is 0 Å². The van der Waals surface area contributed by atoms with Gasteiger partial charge in [-0.3, -0.25) is 4.98 Å². The van der Waals surface area contributed by atoms with Gasteiger partial charge in [0.25, 0.3) is 0 Å². The number of hydrogen-bond acceptors (Lipinski definition) is 3. The van der Waals surface area contributed by atoms with Crippen LogP contribution in [-0.4, -0.2) is 55.1 Å². The van der Waals surface area contributed by atoms with Crippen molar-refractivity contribution in [2.75, 3.05) is 28.2 Å². The fraction of sp³-hybridized carbons (Fsp3) is 0.600. The van der Waals surface area contributed by atoms with Crippen molar-refractivity contribution < 1.29 is 0 Å². The van der Waals surface area contributed by atoms with Gasteiger partial charge in [0.2, 0.25) is 0 Å². The van der Waals surface area contributed by atoms with Gasteiger partial charge in [0.1, 0.15) is 0 Å². The predicted molar refractivity (Wildman–Crippen MR) is 80.5 cm³/mol. The van der Waals surface area contributed by atoms with Crippen molar-refractivity contribution in [1.29, 1.82) is 0 Å². The highest BCUT2D eigenvalue weighted by atomic mass is 35.5. The zero-order valence-electron chi connectivity index (χ0n) is 12.2. The Balaban J connectivity index is 2.12. The number of aromatic nitrogens is 1. The summed E-state index contributed by atoms with van der Waals surface area (Å²) >= 11 is 5.91. The first-order valence-electron chi connectivity index (χ1n) is 6.76. The van der Waals surface area contributed by atoms with Crippen LogP contribution >= 0.6 is 11.6 Å². The molecule has 2 rings (SSSR count). The first-order chi connectivity index (χ1) is 8.99. The third-order valence-corrected chi connectivity index (χ3v) is 4.23. The maximum absolute atomic E-state index is 5.91. The largest absolute Gasteiger partial charge is 0.305 e. The second-order valence-corrected chi connectivity index (χ2v) is 6.23. The van der Waals surface area contributed by atoms with Gasteiger partial charge >= 0.3 is 0 Å². The average Bonchev–Trinajstić information content (AvgIpc) is 2.38. The van der Waals surface area contributed by atoms with Crippen molar-refractivity contribution >= 4 is 11.6 Å². The van der Waals surface area contributed by atoms with Crippen LogP contribution in [0.2, 0.25) is 5.02 Å². The number of pyridine rings is 1. The molecule has 0 N–H and O–H groups in total. The van der Waals surface area contributed by atoms with E-state index in [-0.39, 0.29) is 0 Å². The summed E-state index contributed by atoms with van der Waals surface area (Å²) in [5.74, 6) is 0.501. The van der Waals surface area contributed by atoms with Gasteiger partial charge in [-0.15, -0.1) is 0 Å². The second kappa shape index (κ2) is 6.21. The molecule has 4 heteroatoms. The summed E-state index contributed by atoms with van der Waals surface area (Å²) in [7, 11) is 8.62. The SMILES string of the molecule is CN(C)C1[CH]CC(c2ccc(Cl)cn2)CC1N(C)C. The molecule has 0 aromatic carbocycles. The maximum Gasteiger partial charge on any atom is 0.0589 e. The molecule has 1 aliphatic rings. The Hall–Kier alpha value is -0.640. The molecule has 1 heterocycles. The molecular formula is C15H23ClN3. The lowest BCUT2D eigenvalue weighted by Crippen LogP contribution is -2.50. The Labute approximate surface area is 121 Å². The molecule has 19 heavy (non-hydrogen) atoms. The quantitative estimate of drug-likeness (QED) is 0.849. The molecule has 0 saturated heterocycles. The highest BCUT2D eigenvalue weighted by Crippen LogP contribution is 2.34. The van der Waals surface area contributed by atoms with Gasteiger partial charge in [0, 0.05) is 29.9 Å².